The van der Waals surface area contributed by atoms with Crippen molar-refractivity contribution in [2.75, 3.05) is 6.54 Å². The normalized spacial score (nSPS) is 11.7. The minimum atomic E-state index is -0.00637. The van der Waals surface area contributed by atoms with E-state index in [0.717, 1.165) is 10.0 Å². The van der Waals surface area contributed by atoms with Crippen molar-refractivity contribution in [3.05, 3.63) is 33.8 Å². The molecule has 0 aliphatic rings. The summed E-state index contributed by atoms with van der Waals surface area (Å²) >= 11 is 3.42. The van der Waals surface area contributed by atoms with E-state index in [1.54, 1.807) is 0 Å². The Kier molecular flexibility index (Phi) is 4.97. The van der Waals surface area contributed by atoms with Crippen molar-refractivity contribution < 1.29 is 4.79 Å². The molecule has 0 saturated heterocycles. The highest BCUT2D eigenvalue weighted by atomic mass is 79.9. The molecule has 0 spiro atoms. The van der Waals surface area contributed by atoms with Gasteiger partial charge in [0.25, 0.3) is 5.91 Å². The van der Waals surface area contributed by atoms with E-state index in [4.69, 9.17) is 0 Å². The lowest BCUT2D eigenvalue weighted by Gasteiger charge is -2.29. The third-order valence-corrected chi connectivity index (χ3v) is 4.03. The van der Waals surface area contributed by atoms with Crippen molar-refractivity contribution in [3.63, 3.8) is 0 Å². The fourth-order valence-electron chi connectivity index (χ4n) is 1.48. The summed E-state index contributed by atoms with van der Waals surface area (Å²) in [5, 5.41) is 3.02. The van der Waals surface area contributed by atoms with Gasteiger partial charge in [0.15, 0.2) is 0 Å². The first-order valence-electron chi connectivity index (χ1n) is 6.28. The smallest absolute Gasteiger partial charge is 0.251 e. The fourth-order valence-corrected chi connectivity index (χ4v) is 2.09. The van der Waals surface area contributed by atoms with Gasteiger partial charge in [-0.1, -0.05) is 43.6 Å². The molecule has 18 heavy (non-hydrogen) atoms. The molecule has 1 amide bonds. The van der Waals surface area contributed by atoms with Gasteiger partial charge in [0, 0.05) is 16.6 Å². The molecule has 1 aromatic rings. The average molecular weight is 312 g/mol. The van der Waals surface area contributed by atoms with Crippen molar-refractivity contribution in [3.8, 4) is 0 Å². The molecule has 2 nitrogen and oxygen atoms in total. The molecule has 100 valence electrons. The molecule has 0 bridgehead atoms. The average Bonchev–Trinajstić information content (AvgIpc) is 2.24. The van der Waals surface area contributed by atoms with Gasteiger partial charge >= 0.3 is 0 Å². The van der Waals surface area contributed by atoms with Gasteiger partial charge in [-0.25, -0.2) is 0 Å². The topological polar surface area (TPSA) is 29.1 Å². The molecule has 3 heteroatoms. The summed E-state index contributed by atoms with van der Waals surface area (Å²) in [4.78, 5) is 12.1. The maximum Gasteiger partial charge on any atom is 0.251 e. The third-order valence-electron chi connectivity index (χ3n) is 3.57. The molecule has 1 N–H and O–H groups in total. The number of nitrogens with one attached hydrogen (secondary N) is 1. The summed E-state index contributed by atoms with van der Waals surface area (Å²) in [6.45, 7) is 11.4. The van der Waals surface area contributed by atoms with Gasteiger partial charge in [-0.3, -0.25) is 4.79 Å². The van der Waals surface area contributed by atoms with E-state index < -0.39 is 0 Å². The number of benzene rings is 1. The molecule has 0 unspecified atom stereocenters. The largest absolute Gasteiger partial charge is 0.351 e. The van der Waals surface area contributed by atoms with Crippen LogP contribution in [0, 0.1) is 18.3 Å². The van der Waals surface area contributed by atoms with Crippen LogP contribution < -0.4 is 5.32 Å². The first-order chi connectivity index (χ1) is 8.22. The van der Waals surface area contributed by atoms with E-state index in [0.29, 0.717) is 18.0 Å². The van der Waals surface area contributed by atoms with E-state index >= 15 is 0 Å². The first kappa shape index (κ1) is 15.2. The SMILES string of the molecule is Cc1cc(Br)cc(C(=O)NCC(C)(C)C(C)C)c1. The van der Waals surface area contributed by atoms with E-state index in [2.05, 4.69) is 48.9 Å². The first-order valence-corrected chi connectivity index (χ1v) is 7.07. The fraction of sp³-hybridized carbons (Fsp3) is 0.533. The quantitative estimate of drug-likeness (QED) is 0.888. The van der Waals surface area contributed by atoms with Gasteiger partial charge < -0.3 is 5.32 Å². The molecule has 0 aromatic heterocycles. The van der Waals surface area contributed by atoms with Crippen LogP contribution in [-0.2, 0) is 0 Å². The minimum absolute atomic E-state index is 0.00637. The zero-order chi connectivity index (χ0) is 13.9. The van der Waals surface area contributed by atoms with Crippen LogP contribution in [0.5, 0.6) is 0 Å². The zero-order valence-electron chi connectivity index (χ0n) is 11.8. The van der Waals surface area contributed by atoms with Gasteiger partial charge in [-0.2, -0.15) is 0 Å². The van der Waals surface area contributed by atoms with Crippen LogP contribution in [-0.4, -0.2) is 12.5 Å². The van der Waals surface area contributed by atoms with Crippen molar-refractivity contribution in [2.45, 2.75) is 34.6 Å². The molecule has 0 atom stereocenters. The van der Waals surface area contributed by atoms with Crippen LogP contribution in [0.1, 0.15) is 43.6 Å². The summed E-state index contributed by atoms with van der Waals surface area (Å²) < 4.78 is 0.941. The Labute approximate surface area is 118 Å². The molecule has 0 heterocycles. The van der Waals surface area contributed by atoms with Gasteiger partial charge in [0.2, 0.25) is 0 Å². The van der Waals surface area contributed by atoms with Gasteiger partial charge in [-0.15, -0.1) is 0 Å². The number of aryl methyl sites for hydroxylation is 1. The van der Waals surface area contributed by atoms with Crippen LogP contribution in [0.15, 0.2) is 22.7 Å². The minimum Gasteiger partial charge on any atom is -0.351 e. The van der Waals surface area contributed by atoms with E-state index in [-0.39, 0.29) is 11.3 Å². The molecule has 0 radical (unpaired) electrons. The molecule has 1 aromatic carbocycles. The van der Waals surface area contributed by atoms with Crippen molar-refractivity contribution >= 4 is 21.8 Å². The summed E-state index contributed by atoms with van der Waals surface area (Å²) in [7, 11) is 0. The zero-order valence-corrected chi connectivity index (χ0v) is 13.4. The summed E-state index contributed by atoms with van der Waals surface area (Å²) in [5.74, 6) is 0.523. The maximum atomic E-state index is 12.1. The lowest BCUT2D eigenvalue weighted by molar-refractivity contribution is 0.0924. The van der Waals surface area contributed by atoms with Gasteiger partial charge in [0.1, 0.15) is 0 Å². The van der Waals surface area contributed by atoms with Crippen LogP contribution in [0.25, 0.3) is 0 Å². The molecule has 0 saturated carbocycles. The highest BCUT2D eigenvalue weighted by Gasteiger charge is 2.23. The number of halogens is 1. The maximum absolute atomic E-state index is 12.1. The lowest BCUT2D eigenvalue weighted by atomic mass is 9.81. The van der Waals surface area contributed by atoms with E-state index in [1.807, 2.05) is 25.1 Å². The standard InChI is InChI=1S/C15H22BrNO/c1-10(2)15(4,5)9-17-14(18)12-6-11(3)7-13(16)8-12/h6-8,10H,9H2,1-5H3,(H,17,18). The van der Waals surface area contributed by atoms with Gasteiger partial charge in [0.05, 0.1) is 0 Å². The Morgan fingerprint density at radius 2 is 1.94 bits per heavy atom. The summed E-state index contributed by atoms with van der Waals surface area (Å²) in [6.07, 6.45) is 0. The second kappa shape index (κ2) is 5.87. The van der Waals surface area contributed by atoms with Crippen molar-refractivity contribution in [1.29, 1.82) is 0 Å². The van der Waals surface area contributed by atoms with Crippen LogP contribution in [0.2, 0.25) is 0 Å². The second-order valence-electron chi connectivity index (χ2n) is 5.84. The highest BCUT2D eigenvalue weighted by molar-refractivity contribution is 9.10. The number of rotatable bonds is 4. The Balaban J connectivity index is 2.72. The Bertz CT molecular complexity index is 418. The molecular formula is C15H22BrNO. The molecule has 0 aliphatic carbocycles. The summed E-state index contributed by atoms with van der Waals surface area (Å²) in [6, 6.07) is 5.75. The van der Waals surface area contributed by atoms with Crippen LogP contribution in [0.3, 0.4) is 0 Å². The number of hydrogen-bond acceptors (Lipinski definition) is 1. The molecule has 0 aliphatic heterocycles. The van der Waals surface area contributed by atoms with Crippen molar-refractivity contribution in [2.24, 2.45) is 11.3 Å². The van der Waals surface area contributed by atoms with Crippen molar-refractivity contribution in [1.82, 2.24) is 5.32 Å². The Morgan fingerprint density at radius 3 is 2.44 bits per heavy atom. The van der Waals surface area contributed by atoms with Crippen LogP contribution in [0.4, 0.5) is 0 Å². The molecule has 0 fully saturated rings. The monoisotopic (exact) mass is 311 g/mol. The number of hydrogen-bond donors (Lipinski definition) is 1. The van der Waals surface area contributed by atoms with E-state index in [9.17, 15) is 4.79 Å². The van der Waals surface area contributed by atoms with E-state index in [1.165, 1.54) is 0 Å². The third kappa shape index (κ3) is 4.13. The highest BCUT2D eigenvalue weighted by Crippen LogP contribution is 2.25. The van der Waals surface area contributed by atoms with Gasteiger partial charge in [-0.05, 0) is 42.0 Å². The summed E-state index contributed by atoms with van der Waals surface area (Å²) in [5.41, 5.74) is 1.90. The second-order valence-corrected chi connectivity index (χ2v) is 6.76. The number of carbonyl (C=O) groups is 1. The molecule has 1 rings (SSSR count). The van der Waals surface area contributed by atoms with Crippen LogP contribution >= 0.6 is 15.9 Å². The predicted molar refractivity (Wildman–Crippen MR) is 79.8 cm³/mol. The number of amides is 1. The Hall–Kier alpha value is -0.830. The predicted octanol–water partition coefficient (Wildman–Crippen LogP) is 4.17. The number of carbonyl (C=O) groups excluding carboxylic acids is 1. The Morgan fingerprint density at radius 1 is 1.33 bits per heavy atom. The molecular weight excluding hydrogens is 290 g/mol. The lowest BCUT2D eigenvalue weighted by Crippen LogP contribution is -2.37.